The Morgan fingerprint density at radius 3 is 1.47 bits per heavy atom. The van der Waals surface area contributed by atoms with Gasteiger partial charge >= 0.3 is 131 Å². The molecule has 0 unspecified atom stereocenters. The maximum absolute atomic E-state index is 2.71. The third kappa shape index (κ3) is 4.10. The standard InChI is InChI=1S/C16H26N2.Pb/c1-15(2,3)11-17-13-9-7-8-10-14(13)18-12-16(4,5)6;/h7-10H,11-12H2,1-6H3;/q-2;+2. The SMILES string of the molecule is CC(C)(C)C[N]1[Pb][N](CC(C)(C)C)c2ccccc21. The van der Waals surface area contributed by atoms with Crippen molar-refractivity contribution >= 4 is 36.2 Å². The third-order valence-electron chi connectivity index (χ3n) is 2.97. The molecule has 1 aliphatic rings. The summed E-state index contributed by atoms with van der Waals surface area (Å²) in [5, 5.41) is 0. The van der Waals surface area contributed by atoms with Crippen LogP contribution in [-0.2, 0) is 0 Å². The summed E-state index contributed by atoms with van der Waals surface area (Å²) >= 11 is -0.934. The van der Waals surface area contributed by atoms with Crippen LogP contribution in [0, 0.1) is 10.8 Å². The number of para-hydroxylation sites is 2. The molecule has 0 spiro atoms. The molecule has 0 saturated carbocycles. The second-order valence-corrected chi connectivity index (χ2v) is 12.9. The van der Waals surface area contributed by atoms with Crippen LogP contribution in [0.3, 0.4) is 0 Å². The van der Waals surface area contributed by atoms with Gasteiger partial charge in [0.05, 0.1) is 0 Å². The van der Waals surface area contributed by atoms with Crippen LogP contribution in [0.1, 0.15) is 41.5 Å². The molecule has 0 N–H and O–H groups in total. The summed E-state index contributed by atoms with van der Waals surface area (Å²) < 4.78 is 5.42. The third-order valence-corrected chi connectivity index (χ3v) is 7.95. The first kappa shape index (κ1) is 15.1. The van der Waals surface area contributed by atoms with Crippen LogP contribution in [0.4, 0.5) is 11.4 Å². The van der Waals surface area contributed by atoms with Crippen molar-refractivity contribution in [3.8, 4) is 0 Å². The van der Waals surface area contributed by atoms with E-state index in [2.05, 4.69) is 71.2 Å². The zero-order valence-corrected chi connectivity index (χ0v) is 17.0. The normalized spacial score (nSPS) is 15.9. The summed E-state index contributed by atoms with van der Waals surface area (Å²) in [6.07, 6.45) is 0. The fourth-order valence-corrected chi connectivity index (χ4v) is 10.0. The van der Waals surface area contributed by atoms with Gasteiger partial charge in [-0.15, -0.1) is 0 Å². The van der Waals surface area contributed by atoms with Gasteiger partial charge in [-0.05, 0) is 0 Å². The van der Waals surface area contributed by atoms with E-state index in [1.807, 2.05) is 0 Å². The van der Waals surface area contributed by atoms with Gasteiger partial charge in [0.1, 0.15) is 0 Å². The van der Waals surface area contributed by atoms with Gasteiger partial charge < -0.3 is 0 Å². The minimum atomic E-state index is -0.934. The number of hydrogen-bond acceptors (Lipinski definition) is 2. The number of benzene rings is 1. The van der Waals surface area contributed by atoms with Crippen molar-refractivity contribution < 1.29 is 0 Å². The van der Waals surface area contributed by atoms with E-state index in [1.165, 1.54) is 24.5 Å². The molecule has 0 aromatic heterocycles. The molecule has 2 rings (SSSR count). The predicted molar refractivity (Wildman–Crippen MR) is 85.8 cm³/mol. The molecule has 2 nitrogen and oxygen atoms in total. The number of anilines is 2. The van der Waals surface area contributed by atoms with E-state index in [-0.39, 0.29) is 0 Å². The van der Waals surface area contributed by atoms with Gasteiger partial charge in [-0.2, -0.15) is 0 Å². The first-order valence-electron chi connectivity index (χ1n) is 7.06. The van der Waals surface area contributed by atoms with Crippen LogP contribution >= 0.6 is 0 Å². The Morgan fingerprint density at radius 1 is 0.789 bits per heavy atom. The van der Waals surface area contributed by atoms with E-state index in [9.17, 15) is 0 Å². The van der Waals surface area contributed by atoms with Crippen LogP contribution in [0.25, 0.3) is 0 Å². The summed E-state index contributed by atoms with van der Waals surface area (Å²) in [7, 11) is 0. The minimum absolute atomic E-state index is 0.373. The van der Waals surface area contributed by atoms with E-state index in [1.54, 1.807) is 0 Å². The second kappa shape index (κ2) is 5.26. The van der Waals surface area contributed by atoms with E-state index in [0.29, 0.717) is 10.8 Å². The van der Waals surface area contributed by atoms with Gasteiger partial charge in [0.2, 0.25) is 0 Å². The number of rotatable bonds is 2. The van der Waals surface area contributed by atoms with Gasteiger partial charge in [0.25, 0.3) is 0 Å². The summed E-state index contributed by atoms with van der Waals surface area (Å²) in [5.74, 6) is 0. The molecule has 0 fully saturated rings. The maximum atomic E-state index is 2.71. The molecule has 1 aromatic rings. The first-order chi connectivity index (χ1) is 8.66. The van der Waals surface area contributed by atoms with Crippen molar-refractivity contribution in [2.75, 3.05) is 18.5 Å². The Labute approximate surface area is 131 Å². The molecular formula is C16H26N2Pb. The number of nitrogens with zero attached hydrogens (tertiary/aromatic N) is 2. The average Bonchev–Trinajstić information content (AvgIpc) is 2.53. The Morgan fingerprint density at radius 2 is 1.16 bits per heavy atom. The fourth-order valence-electron chi connectivity index (χ4n) is 2.36. The van der Waals surface area contributed by atoms with Gasteiger partial charge in [-0.3, -0.25) is 0 Å². The van der Waals surface area contributed by atoms with E-state index >= 15 is 0 Å². The Hall–Kier alpha value is -0.258. The molecule has 1 aliphatic heterocycles. The van der Waals surface area contributed by atoms with Crippen LogP contribution in [-0.4, -0.2) is 37.9 Å². The van der Waals surface area contributed by atoms with E-state index in [4.69, 9.17) is 0 Å². The average molecular weight is 454 g/mol. The van der Waals surface area contributed by atoms with Gasteiger partial charge in [0, 0.05) is 0 Å². The molecule has 0 aliphatic carbocycles. The zero-order chi connectivity index (χ0) is 14.3. The first-order valence-corrected chi connectivity index (χ1v) is 10.5. The quantitative estimate of drug-likeness (QED) is 0.626. The predicted octanol–water partition coefficient (Wildman–Crippen LogP) is 3.94. The molecule has 0 amide bonds. The fraction of sp³-hybridized carbons (Fsp3) is 0.625. The summed E-state index contributed by atoms with van der Waals surface area (Å²) in [4.78, 5) is 0. The zero-order valence-electron chi connectivity index (χ0n) is 13.1. The number of fused-ring (bicyclic) bond motifs is 1. The Bertz CT molecular complexity index is 402. The van der Waals surface area contributed by atoms with Crippen molar-refractivity contribution in [2.45, 2.75) is 41.5 Å². The van der Waals surface area contributed by atoms with Gasteiger partial charge in [-0.1, -0.05) is 0 Å². The van der Waals surface area contributed by atoms with Crippen LogP contribution in [0.5, 0.6) is 0 Å². The van der Waals surface area contributed by atoms with Crippen LogP contribution in [0.2, 0.25) is 0 Å². The second-order valence-electron chi connectivity index (χ2n) is 7.88. The molecule has 1 aromatic carbocycles. The van der Waals surface area contributed by atoms with Crippen molar-refractivity contribution in [1.29, 1.82) is 0 Å². The molecule has 0 atom stereocenters. The van der Waals surface area contributed by atoms with E-state index in [0.717, 1.165) is 0 Å². The van der Waals surface area contributed by atoms with E-state index < -0.39 is 24.8 Å². The van der Waals surface area contributed by atoms with Crippen molar-refractivity contribution in [2.24, 2.45) is 10.8 Å². The van der Waals surface area contributed by atoms with Gasteiger partial charge in [-0.25, -0.2) is 0 Å². The molecule has 3 heteroatoms. The van der Waals surface area contributed by atoms with Crippen molar-refractivity contribution in [3.05, 3.63) is 24.3 Å². The topological polar surface area (TPSA) is 6.48 Å². The summed E-state index contributed by atoms with van der Waals surface area (Å²) in [6, 6.07) is 8.96. The van der Waals surface area contributed by atoms with Crippen LogP contribution in [0.15, 0.2) is 24.3 Å². The van der Waals surface area contributed by atoms with Crippen LogP contribution < -0.4 is 5.42 Å². The Kier molecular flexibility index (Phi) is 4.19. The monoisotopic (exact) mass is 454 g/mol. The molecule has 0 saturated heterocycles. The summed E-state index contributed by atoms with van der Waals surface area (Å²) in [6.45, 7) is 16.4. The molecule has 19 heavy (non-hydrogen) atoms. The van der Waals surface area contributed by atoms with Crippen molar-refractivity contribution in [3.63, 3.8) is 0 Å². The Balaban J connectivity index is 2.23. The summed E-state index contributed by atoms with van der Waals surface area (Å²) in [5.41, 5.74) is 3.70. The molecular weight excluding hydrogens is 427 g/mol. The molecule has 1 heterocycles. The van der Waals surface area contributed by atoms with Crippen molar-refractivity contribution in [1.82, 2.24) is 0 Å². The number of hydrogen-bond donors (Lipinski definition) is 0. The molecule has 104 valence electrons. The van der Waals surface area contributed by atoms with Gasteiger partial charge in [0.15, 0.2) is 0 Å². The molecule has 2 radical (unpaired) electrons. The molecule has 0 bridgehead atoms.